The molecule has 0 radical (unpaired) electrons. The smallest absolute Gasteiger partial charge is 0.416 e. The molecular formula is C15H13F5N2O. The zero-order valence-corrected chi connectivity index (χ0v) is 11.9. The van der Waals surface area contributed by atoms with Gasteiger partial charge in [0.25, 0.3) is 0 Å². The summed E-state index contributed by atoms with van der Waals surface area (Å²) in [6.45, 7) is -1.20. The standard InChI is InChI=1S/C15H13F5N2O/c1-9(10-2-4-12(5-3-10)23-14(16)17)22-13-8-11(6-7-21-13)15(18,19)20/h2-9,14H,1H3,(H,21,22). The van der Waals surface area contributed by atoms with Crippen molar-refractivity contribution in [3.05, 3.63) is 53.7 Å². The Bertz CT molecular complexity index is 643. The first-order valence-electron chi connectivity index (χ1n) is 6.60. The molecule has 1 atom stereocenters. The van der Waals surface area contributed by atoms with Crippen LogP contribution in [0.15, 0.2) is 42.6 Å². The van der Waals surface area contributed by atoms with Crippen LogP contribution in [0.1, 0.15) is 24.1 Å². The number of hydrogen-bond donors (Lipinski definition) is 1. The van der Waals surface area contributed by atoms with Crippen LogP contribution in [0.5, 0.6) is 5.75 Å². The highest BCUT2D eigenvalue weighted by atomic mass is 19.4. The van der Waals surface area contributed by atoms with Gasteiger partial charge in [0.1, 0.15) is 11.6 Å². The van der Waals surface area contributed by atoms with E-state index in [0.717, 1.165) is 18.3 Å². The predicted octanol–water partition coefficient (Wildman–Crippen LogP) is 4.87. The zero-order chi connectivity index (χ0) is 17.0. The maximum Gasteiger partial charge on any atom is 0.416 e. The summed E-state index contributed by atoms with van der Waals surface area (Å²) in [4.78, 5) is 3.84. The topological polar surface area (TPSA) is 34.2 Å². The maximum atomic E-state index is 12.6. The van der Waals surface area contributed by atoms with E-state index < -0.39 is 18.4 Å². The van der Waals surface area contributed by atoms with Gasteiger partial charge in [0.15, 0.2) is 0 Å². The van der Waals surface area contributed by atoms with E-state index >= 15 is 0 Å². The van der Waals surface area contributed by atoms with E-state index in [0.29, 0.717) is 5.56 Å². The van der Waals surface area contributed by atoms with E-state index in [-0.39, 0.29) is 17.6 Å². The number of benzene rings is 1. The average molecular weight is 332 g/mol. The van der Waals surface area contributed by atoms with E-state index in [2.05, 4.69) is 15.0 Å². The fraction of sp³-hybridized carbons (Fsp3) is 0.267. The third-order valence-corrected chi connectivity index (χ3v) is 3.06. The fourth-order valence-electron chi connectivity index (χ4n) is 1.93. The Morgan fingerprint density at radius 1 is 1.09 bits per heavy atom. The Labute approximate surface area is 129 Å². The number of hydrogen-bond acceptors (Lipinski definition) is 3. The minimum atomic E-state index is -4.45. The van der Waals surface area contributed by atoms with Gasteiger partial charge in [-0.15, -0.1) is 0 Å². The number of rotatable bonds is 5. The third-order valence-electron chi connectivity index (χ3n) is 3.06. The van der Waals surface area contributed by atoms with E-state index in [1.54, 1.807) is 19.1 Å². The lowest BCUT2D eigenvalue weighted by Gasteiger charge is -2.16. The predicted molar refractivity (Wildman–Crippen MR) is 74.4 cm³/mol. The molecule has 3 nitrogen and oxygen atoms in total. The molecule has 1 heterocycles. The van der Waals surface area contributed by atoms with Gasteiger partial charge in [-0.25, -0.2) is 4.98 Å². The van der Waals surface area contributed by atoms with Crippen LogP contribution in [0, 0.1) is 0 Å². The molecule has 0 fully saturated rings. The summed E-state index contributed by atoms with van der Waals surface area (Å²) >= 11 is 0. The van der Waals surface area contributed by atoms with Crippen LogP contribution in [0.4, 0.5) is 27.8 Å². The Balaban J connectivity index is 2.08. The van der Waals surface area contributed by atoms with Crippen molar-refractivity contribution in [2.45, 2.75) is 25.8 Å². The Morgan fingerprint density at radius 2 is 1.74 bits per heavy atom. The summed E-state index contributed by atoms with van der Waals surface area (Å²) in [5, 5.41) is 2.83. The van der Waals surface area contributed by atoms with E-state index in [1.165, 1.54) is 12.1 Å². The van der Waals surface area contributed by atoms with Gasteiger partial charge >= 0.3 is 12.8 Å². The van der Waals surface area contributed by atoms with Crippen molar-refractivity contribution in [2.75, 3.05) is 5.32 Å². The van der Waals surface area contributed by atoms with Gasteiger partial charge in [-0.3, -0.25) is 0 Å². The van der Waals surface area contributed by atoms with Crippen LogP contribution in [0.25, 0.3) is 0 Å². The molecule has 1 unspecified atom stereocenters. The van der Waals surface area contributed by atoms with Gasteiger partial charge in [-0.1, -0.05) is 12.1 Å². The van der Waals surface area contributed by atoms with Crippen LogP contribution >= 0.6 is 0 Å². The van der Waals surface area contributed by atoms with Crippen molar-refractivity contribution < 1.29 is 26.7 Å². The Kier molecular flexibility index (Phi) is 5.02. The lowest BCUT2D eigenvalue weighted by atomic mass is 10.1. The first-order chi connectivity index (χ1) is 10.8. The second-order valence-electron chi connectivity index (χ2n) is 4.74. The number of alkyl halides is 5. The first kappa shape index (κ1) is 17.0. The number of pyridine rings is 1. The zero-order valence-electron chi connectivity index (χ0n) is 11.9. The second-order valence-corrected chi connectivity index (χ2v) is 4.74. The molecule has 0 aliphatic rings. The summed E-state index contributed by atoms with van der Waals surface area (Å²) in [5.74, 6) is 0.0772. The molecule has 2 aromatic rings. The van der Waals surface area contributed by atoms with Crippen molar-refractivity contribution in [1.29, 1.82) is 0 Å². The van der Waals surface area contributed by atoms with Crippen molar-refractivity contribution in [3.8, 4) is 5.75 Å². The van der Waals surface area contributed by atoms with Gasteiger partial charge in [-0.05, 0) is 36.8 Å². The van der Waals surface area contributed by atoms with E-state index in [1.807, 2.05) is 0 Å². The van der Waals surface area contributed by atoms with Crippen molar-refractivity contribution in [3.63, 3.8) is 0 Å². The monoisotopic (exact) mass is 332 g/mol. The Hall–Kier alpha value is -2.38. The van der Waals surface area contributed by atoms with Gasteiger partial charge in [-0.2, -0.15) is 22.0 Å². The average Bonchev–Trinajstić information content (AvgIpc) is 2.46. The summed E-state index contributed by atoms with van der Waals surface area (Å²) in [6, 6.07) is 7.23. The number of anilines is 1. The molecular weight excluding hydrogens is 319 g/mol. The number of halogens is 5. The summed E-state index contributed by atoms with van der Waals surface area (Å²) in [5.41, 5.74) is -0.117. The van der Waals surface area contributed by atoms with E-state index in [9.17, 15) is 22.0 Å². The van der Waals surface area contributed by atoms with Gasteiger partial charge in [0, 0.05) is 12.2 Å². The minimum absolute atomic E-state index is 0.00754. The highest BCUT2D eigenvalue weighted by Crippen LogP contribution is 2.30. The van der Waals surface area contributed by atoms with Crippen LogP contribution in [-0.4, -0.2) is 11.6 Å². The molecule has 8 heteroatoms. The van der Waals surface area contributed by atoms with Crippen molar-refractivity contribution in [2.24, 2.45) is 0 Å². The quantitative estimate of drug-likeness (QED) is 0.793. The SMILES string of the molecule is CC(Nc1cc(C(F)(F)F)ccn1)c1ccc(OC(F)F)cc1. The molecule has 1 aromatic carbocycles. The number of nitrogens with one attached hydrogen (secondary N) is 1. The molecule has 0 saturated carbocycles. The van der Waals surface area contributed by atoms with Gasteiger partial charge in [0.2, 0.25) is 0 Å². The molecule has 124 valence electrons. The fourth-order valence-corrected chi connectivity index (χ4v) is 1.93. The number of aromatic nitrogens is 1. The van der Waals surface area contributed by atoms with Crippen LogP contribution in [-0.2, 0) is 6.18 Å². The highest BCUT2D eigenvalue weighted by molar-refractivity contribution is 5.42. The molecule has 0 amide bonds. The van der Waals surface area contributed by atoms with Crippen molar-refractivity contribution >= 4 is 5.82 Å². The normalized spacial score (nSPS) is 13.0. The molecule has 1 N–H and O–H groups in total. The molecule has 0 saturated heterocycles. The first-order valence-corrected chi connectivity index (χ1v) is 6.60. The number of nitrogens with zero attached hydrogens (tertiary/aromatic N) is 1. The van der Waals surface area contributed by atoms with E-state index in [4.69, 9.17) is 0 Å². The largest absolute Gasteiger partial charge is 0.435 e. The summed E-state index contributed by atoms with van der Waals surface area (Å²) in [7, 11) is 0. The molecule has 23 heavy (non-hydrogen) atoms. The van der Waals surface area contributed by atoms with Crippen molar-refractivity contribution in [1.82, 2.24) is 4.98 Å². The Morgan fingerprint density at radius 3 is 2.30 bits per heavy atom. The molecule has 1 aromatic heterocycles. The third kappa shape index (κ3) is 4.80. The second kappa shape index (κ2) is 6.80. The maximum absolute atomic E-state index is 12.6. The van der Waals surface area contributed by atoms with Crippen LogP contribution in [0.2, 0.25) is 0 Å². The van der Waals surface area contributed by atoms with Crippen LogP contribution in [0.3, 0.4) is 0 Å². The highest BCUT2D eigenvalue weighted by Gasteiger charge is 2.30. The molecule has 0 aliphatic carbocycles. The lowest BCUT2D eigenvalue weighted by Crippen LogP contribution is -2.10. The van der Waals surface area contributed by atoms with Crippen LogP contribution < -0.4 is 10.1 Å². The van der Waals surface area contributed by atoms with Gasteiger partial charge < -0.3 is 10.1 Å². The summed E-state index contributed by atoms with van der Waals surface area (Å²) in [6.07, 6.45) is -3.38. The number of ether oxygens (including phenoxy) is 1. The van der Waals surface area contributed by atoms with Gasteiger partial charge in [0.05, 0.1) is 5.56 Å². The minimum Gasteiger partial charge on any atom is -0.435 e. The molecule has 2 rings (SSSR count). The molecule has 0 spiro atoms. The molecule has 0 bridgehead atoms. The summed E-state index contributed by atoms with van der Waals surface area (Å²) < 4.78 is 66.3. The molecule has 0 aliphatic heterocycles. The lowest BCUT2D eigenvalue weighted by molar-refractivity contribution is -0.137.